The molecule has 1 fully saturated rings. The van der Waals surface area contributed by atoms with E-state index in [2.05, 4.69) is 5.32 Å². The van der Waals surface area contributed by atoms with Gasteiger partial charge in [-0.15, -0.1) is 0 Å². The average molecular weight is 264 g/mol. The predicted octanol–water partition coefficient (Wildman–Crippen LogP) is 2.59. The normalized spacial score (nSPS) is 16.5. The van der Waals surface area contributed by atoms with Gasteiger partial charge in [0.25, 0.3) is 0 Å². The topological polar surface area (TPSA) is 55.1 Å². The van der Waals surface area contributed by atoms with Gasteiger partial charge in [0.05, 0.1) is 0 Å². The molecule has 0 spiro atoms. The fourth-order valence-corrected chi connectivity index (χ4v) is 2.65. The molecule has 4 heteroatoms. The molecule has 3 N–H and O–H groups in total. The van der Waals surface area contributed by atoms with Crippen LogP contribution in [0.2, 0.25) is 0 Å². The second-order valence-corrected chi connectivity index (χ2v) is 5.31. The first-order valence-corrected chi connectivity index (χ1v) is 6.96. The lowest BCUT2D eigenvalue weighted by atomic mass is 9.89. The van der Waals surface area contributed by atoms with Gasteiger partial charge >= 0.3 is 0 Å². The van der Waals surface area contributed by atoms with Crippen LogP contribution < -0.4 is 11.1 Å². The zero-order valence-electron chi connectivity index (χ0n) is 11.1. The van der Waals surface area contributed by atoms with Crippen LogP contribution in [0, 0.1) is 11.7 Å². The zero-order chi connectivity index (χ0) is 13.7. The number of benzene rings is 1. The number of nitrogens with two attached hydrogens (primary N) is 1. The minimum absolute atomic E-state index is 0.216. The van der Waals surface area contributed by atoms with Crippen molar-refractivity contribution in [3.63, 3.8) is 0 Å². The van der Waals surface area contributed by atoms with Gasteiger partial charge < -0.3 is 11.1 Å². The number of hydrogen-bond acceptors (Lipinski definition) is 2. The van der Waals surface area contributed by atoms with Crippen LogP contribution in [0.1, 0.15) is 48.0 Å². The highest BCUT2D eigenvalue weighted by molar-refractivity contribution is 5.92. The number of carbonyl (C=O) groups excluding carboxylic acids is 1. The van der Waals surface area contributed by atoms with Gasteiger partial charge in [-0.2, -0.15) is 0 Å². The van der Waals surface area contributed by atoms with Crippen LogP contribution in [0.3, 0.4) is 0 Å². The van der Waals surface area contributed by atoms with Crippen molar-refractivity contribution in [2.24, 2.45) is 11.7 Å². The Morgan fingerprint density at radius 3 is 2.68 bits per heavy atom. The zero-order valence-corrected chi connectivity index (χ0v) is 11.1. The minimum atomic E-state index is -0.597. The molecular weight excluding hydrogens is 243 g/mol. The van der Waals surface area contributed by atoms with E-state index in [-0.39, 0.29) is 11.4 Å². The van der Waals surface area contributed by atoms with Crippen molar-refractivity contribution in [1.82, 2.24) is 5.32 Å². The second-order valence-electron chi connectivity index (χ2n) is 5.31. The van der Waals surface area contributed by atoms with Crippen LogP contribution in [-0.2, 0) is 6.54 Å². The summed E-state index contributed by atoms with van der Waals surface area (Å²) in [6.07, 6.45) is 6.52. The maximum atomic E-state index is 13.7. The molecule has 1 aliphatic rings. The van der Waals surface area contributed by atoms with Gasteiger partial charge in [-0.05, 0) is 37.4 Å². The van der Waals surface area contributed by atoms with Crippen molar-refractivity contribution in [3.05, 3.63) is 35.1 Å². The van der Waals surface area contributed by atoms with E-state index in [1.807, 2.05) is 0 Å². The summed E-state index contributed by atoms with van der Waals surface area (Å²) in [5.41, 5.74) is 5.91. The van der Waals surface area contributed by atoms with Crippen molar-refractivity contribution < 1.29 is 9.18 Å². The van der Waals surface area contributed by atoms with E-state index < -0.39 is 5.91 Å². The molecule has 1 saturated carbocycles. The molecule has 0 aliphatic heterocycles. The van der Waals surface area contributed by atoms with Crippen molar-refractivity contribution >= 4 is 5.91 Å². The van der Waals surface area contributed by atoms with Gasteiger partial charge in [-0.3, -0.25) is 4.79 Å². The fraction of sp³-hybridized carbons (Fsp3) is 0.533. The first-order chi connectivity index (χ1) is 9.16. The summed E-state index contributed by atoms with van der Waals surface area (Å²) < 4.78 is 13.7. The van der Waals surface area contributed by atoms with Gasteiger partial charge in [-0.1, -0.05) is 25.3 Å². The number of rotatable bonds is 5. The largest absolute Gasteiger partial charge is 0.366 e. The Morgan fingerprint density at radius 1 is 1.32 bits per heavy atom. The van der Waals surface area contributed by atoms with Crippen LogP contribution in [0.4, 0.5) is 4.39 Å². The molecule has 0 unspecified atom stereocenters. The lowest BCUT2D eigenvalue weighted by Gasteiger charge is -2.21. The maximum Gasteiger partial charge on any atom is 0.248 e. The van der Waals surface area contributed by atoms with E-state index in [1.54, 1.807) is 12.1 Å². The first kappa shape index (κ1) is 14.0. The molecule has 3 nitrogen and oxygen atoms in total. The highest BCUT2D eigenvalue weighted by atomic mass is 19.1. The molecule has 0 saturated heterocycles. The van der Waals surface area contributed by atoms with E-state index >= 15 is 0 Å². The third-order valence-corrected chi connectivity index (χ3v) is 3.81. The van der Waals surface area contributed by atoms with E-state index in [9.17, 15) is 9.18 Å². The molecule has 0 heterocycles. The molecule has 1 aromatic rings. The van der Waals surface area contributed by atoms with Gasteiger partial charge in [0.1, 0.15) is 5.82 Å². The van der Waals surface area contributed by atoms with Crippen LogP contribution in [-0.4, -0.2) is 12.5 Å². The van der Waals surface area contributed by atoms with Crippen molar-refractivity contribution in [3.8, 4) is 0 Å². The summed E-state index contributed by atoms with van der Waals surface area (Å²) >= 11 is 0. The van der Waals surface area contributed by atoms with Gasteiger partial charge in [0.2, 0.25) is 5.91 Å². The number of halogens is 1. The molecular formula is C15H21FN2O. The molecule has 0 aromatic heterocycles. The SMILES string of the molecule is NC(=O)c1ccc(CNCC2CCCCC2)c(F)c1. The molecule has 0 atom stereocenters. The lowest BCUT2D eigenvalue weighted by molar-refractivity contribution is 0.1000. The highest BCUT2D eigenvalue weighted by Crippen LogP contribution is 2.22. The molecule has 2 rings (SSSR count). The number of hydrogen-bond donors (Lipinski definition) is 2. The molecule has 1 amide bonds. The first-order valence-electron chi connectivity index (χ1n) is 6.96. The van der Waals surface area contributed by atoms with E-state index in [1.165, 1.54) is 38.2 Å². The van der Waals surface area contributed by atoms with Crippen molar-refractivity contribution in [2.75, 3.05) is 6.54 Å². The Labute approximate surface area is 113 Å². The summed E-state index contributed by atoms with van der Waals surface area (Å²) in [4.78, 5) is 10.9. The van der Waals surface area contributed by atoms with E-state index in [0.717, 1.165) is 12.5 Å². The molecule has 1 aromatic carbocycles. The summed E-state index contributed by atoms with van der Waals surface area (Å²) in [6.45, 7) is 1.44. The van der Waals surface area contributed by atoms with Crippen molar-refractivity contribution in [1.29, 1.82) is 0 Å². The Bertz CT molecular complexity index is 442. The van der Waals surface area contributed by atoms with Crippen LogP contribution >= 0.6 is 0 Å². The van der Waals surface area contributed by atoms with Gasteiger partial charge in [0.15, 0.2) is 0 Å². The van der Waals surface area contributed by atoms with Crippen LogP contribution in [0.5, 0.6) is 0 Å². The van der Waals surface area contributed by atoms with Gasteiger partial charge in [-0.25, -0.2) is 4.39 Å². The summed E-state index contributed by atoms with van der Waals surface area (Å²) in [6, 6.07) is 4.41. The van der Waals surface area contributed by atoms with Crippen molar-refractivity contribution in [2.45, 2.75) is 38.6 Å². The number of carbonyl (C=O) groups is 1. The standard InChI is InChI=1S/C15H21FN2O/c16-14-8-12(15(17)19)6-7-13(14)10-18-9-11-4-2-1-3-5-11/h6-8,11,18H,1-5,9-10H2,(H2,17,19). The third kappa shape index (κ3) is 4.03. The third-order valence-electron chi connectivity index (χ3n) is 3.81. The van der Waals surface area contributed by atoms with E-state index in [0.29, 0.717) is 12.1 Å². The maximum absolute atomic E-state index is 13.7. The number of amides is 1. The Morgan fingerprint density at radius 2 is 2.05 bits per heavy atom. The van der Waals surface area contributed by atoms with Gasteiger partial charge in [0, 0.05) is 17.7 Å². The second kappa shape index (κ2) is 6.66. The average Bonchev–Trinajstić information content (AvgIpc) is 2.41. The molecule has 19 heavy (non-hydrogen) atoms. The van der Waals surface area contributed by atoms with Crippen LogP contribution in [0.25, 0.3) is 0 Å². The quantitative estimate of drug-likeness (QED) is 0.859. The molecule has 0 bridgehead atoms. The predicted molar refractivity (Wildman–Crippen MR) is 73.2 cm³/mol. The Balaban J connectivity index is 1.83. The molecule has 1 aliphatic carbocycles. The monoisotopic (exact) mass is 264 g/mol. The summed E-state index contributed by atoms with van der Waals surface area (Å²) in [5.74, 6) is -0.241. The van der Waals surface area contributed by atoms with E-state index in [4.69, 9.17) is 5.73 Å². The molecule has 104 valence electrons. The highest BCUT2D eigenvalue weighted by Gasteiger charge is 2.13. The Hall–Kier alpha value is -1.42. The smallest absolute Gasteiger partial charge is 0.248 e. The molecule has 0 radical (unpaired) electrons. The minimum Gasteiger partial charge on any atom is -0.366 e. The fourth-order valence-electron chi connectivity index (χ4n) is 2.65. The Kier molecular flexibility index (Phi) is 4.91. The summed E-state index contributed by atoms with van der Waals surface area (Å²) in [7, 11) is 0. The number of nitrogens with one attached hydrogen (secondary N) is 1. The van der Waals surface area contributed by atoms with Crippen LogP contribution in [0.15, 0.2) is 18.2 Å². The number of primary amides is 1. The lowest BCUT2D eigenvalue weighted by Crippen LogP contribution is -2.24. The summed E-state index contributed by atoms with van der Waals surface area (Å²) in [5, 5.41) is 3.30.